The van der Waals surface area contributed by atoms with Gasteiger partial charge in [-0.15, -0.1) is 11.3 Å². The number of allylic oxidation sites excluding steroid dienone is 1. The molecule has 0 amide bonds. The fourth-order valence-electron chi connectivity index (χ4n) is 3.72. The first-order valence-electron chi connectivity index (χ1n) is 8.50. The van der Waals surface area contributed by atoms with Crippen LogP contribution in [0.4, 0.5) is 11.6 Å². The highest BCUT2D eigenvalue weighted by atomic mass is 32.1. The molecule has 1 aromatic carbocycles. The van der Waals surface area contributed by atoms with Crippen LogP contribution in [0.5, 0.6) is 0 Å². The van der Waals surface area contributed by atoms with Crippen molar-refractivity contribution in [3.63, 3.8) is 0 Å². The second-order valence-electron chi connectivity index (χ2n) is 6.51. The molecule has 0 spiro atoms. The quantitative estimate of drug-likeness (QED) is 0.712. The number of carbonyl (C=O) groups is 1. The Labute approximate surface area is 153 Å². The number of anilines is 2. The summed E-state index contributed by atoms with van der Waals surface area (Å²) in [5.74, 6) is 1.39. The fraction of sp³-hybridized carbons (Fsp3) is 0.211. The molecule has 0 saturated heterocycles. The summed E-state index contributed by atoms with van der Waals surface area (Å²) in [6.07, 6.45) is 1.28. The van der Waals surface area contributed by atoms with E-state index < -0.39 is 0 Å². The molecule has 0 bridgehead atoms. The van der Waals surface area contributed by atoms with Crippen LogP contribution in [0.3, 0.4) is 0 Å². The third-order valence-corrected chi connectivity index (χ3v) is 5.95. The van der Waals surface area contributed by atoms with Crippen LogP contribution in [-0.4, -0.2) is 16.1 Å². The average Bonchev–Trinajstić information content (AvgIpc) is 3.31. The summed E-state index contributed by atoms with van der Waals surface area (Å²) in [6, 6.07) is 13.8. The number of nitrogens with one attached hydrogen (secondary N) is 2. The molecule has 1 aliphatic carbocycles. The van der Waals surface area contributed by atoms with Gasteiger partial charge in [-0.25, -0.2) is 4.63 Å². The number of ketones is 1. The van der Waals surface area contributed by atoms with Crippen molar-refractivity contribution in [1.82, 2.24) is 10.3 Å². The zero-order valence-electron chi connectivity index (χ0n) is 13.8. The maximum absolute atomic E-state index is 13.1. The second kappa shape index (κ2) is 6.10. The maximum Gasteiger partial charge on any atom is 0.219 e. The zero-order chi connectivity index (χ0) is 17.5. The normalized spacial score (nSPS) is 22.1. The van der Waals surface area contributed by atoms with Gasteiger partial charge >= 0.3 is 0 Å². The Balaban J connectivity index is 1.62. The molecule has 130 valence electrons. The van der Waals surface area contributed by atoms with Crippen LogP contribution in [0.1, 0.15) is 35.2 Å². The Bertz CT molecular complexity index is 978. The minimum absolute atomic E-state index is 0.153. The number of carbonyl (C=O) groups excluding carboxylic acids is 1. The molecule has 0 radical (unpaired) electrons. The first kappa shape index (κ1) is 15.3. The lowest BCUT2D eigenvalue weighted by atomic mass is 9.81. The van der Waals surface area contributed by atoms with Gasteiger partial charge in [0.2, 0.25) is 11.6 Å². The first-order chi connectivity index (χ1) is 12.8. The smallest absolute Gasteiger partial charge is 0.219 e. The van der Waals surface area contributed by atoms with E-state index in [0.29, 0.717) is 18.1 Å². The number of aromatic nitrogens is 2. The molecule has 2 aliphatic rings. The highest BCUT2D eigenvalue weighted by molar-refractivity contribution is 7.10. The molecule has 3 aromatic rings. The van der Waals surface area contributed by atoms with Crippen LogP contribution in [0.25, 0.3) is 0 Å². The largest absolute Gasteiger partial charge is 0.353 e. The number of Topliss-reactive ketones (excluding diaryl/α,β-unsaturated/α-hetero) is 1. The van der Waals surface area contributed by atoms with Crippen molar-refractivity contribution in [2.24, 2.45) is 0 Å². The molecular formula is C19H16N4O2S. The van der Waals surface area contributed by atoms with E-state index in [2.05, 4.69) is 32.4 Å². The molecule has 2 N–H and O–H groups in total. The van der Waals surface area contributed by atoms with E-state index in [9.17, 15) is 4.79 Å². The lowest BCUT2D eigenvalue weighted by Crippen LogP contribution is -2.26. The molecule has 1 aliphatic heterocycles. The summed E-state index contributed by atoms with van der Waals surface area (Å²) in [5, 5.41) is 16.6. The van der Waals surface area contributed by atoms with Crippen LogP contribution in [0, 0.1) is 0 Å². The Morgan fingerprint density at radius 2 is 1.88 bits per heavy atom. The van der Waals surface area contributed by atoms with Gasteiger partial charge in [0.1, 0.15) is 0 Å². The number of hydrogen-bond donors (Lipinski definition) is 2. The van der Waals surface area contributed by atoms with Crippen LogP contribution in [0.2, 0.25) is 0 Å². The summed E-state index contributed by atoms with van der Waals surface area (Å²) >= 11 is 1.70. The van der Waals surface area contributed by atoms with Crippen molar-refractivity contribution in [3.05, 3.63) is 69.6 Å². The highest BCUT2D eigenvalue weighted by Gasteiger charge is 2.37. The van der Waals surface area contributed by atoms with E-state index in [1.54, 1.807) is 11.3 Å². The van der Waals surface area contributed by atoms with Crippen LogP contribution in [-0.2, 0) is 4.79 Å². The van der Waals surface area contributed by atoms with Gasteiger partial charge in [-0.05, 0) is 33.7 Å². The topological polar surface area (TPSA) is 80.1 Å². The van der Waals surface area contributed by atoms with Crippen molar-refractivity contribution >= 4 is 28.8 Å². The van der Waals surface area contributed by atoms with Crippen molar-refractivity contribution < 1.29 is 9.42 Å². The van der Waals surface area contributed by atoms with Gasteiger partial charge in [-0.3, -0.25) is 4.79 Å². The maximum atomic E-state index is 13.1. The van der Waals surface area contributed by atoms with Gasteiger partial charge in [0.15, 0.2) is 5.78 Å². The molecule has 5 rings (SSSR count). The lowest BCUT2D eigenvalue weighted by Gasteiger charge is -2.29. The van der Waals surface area contributed by atoms with E-state index in [1.165, 1.54) is 4.88 Å². The van der Waals surface area contributed by atoms with Crippen LogP contribution < -0.4 is 10.6 Å². The predicted octanol–water partition coefficient (Wildman–Crippen LogP) is 4.11. The Morgan fingerprint density at radius 3 is 2.69 bits per heavy atom. The zero-order valence-corrected chi connectivity index (χ0v) is 14.6. The number of hydrogen-bond acceptors (Lipinski definition) is 7. The molecule has 0 fully saturated rings. The molecular weight excluding hydrogens is 348 g/mol. The molecule has 0 saturated carbocycles. The van der Waals surface area contributed by atoms with Gasteiger partial charge in [0, 0.05) is 28.5 Å². The Hall–Kier alpha value is -2.93. The van der Waals surface area contributed by atoms with Gasteiger partial charge < -0.3 is 10.6 Å². The van der Waals surface area contributed by atoms with Crippen molar-refractivity contribution in [3.8, 4) is 0 Å². The first-order valence-corrected chi connectivity index (χ1v) is 9.38. The summed E-state index contributed by atoms with van der Waals surface area (Å²) in [5.41, 5.74) is 2.68. The molecule has 0 unspecified atom stereocenters. The summed E-state index contributed by atoms with van der Waals surface area (Å²) < 4.78 is 4.88. The average molecular weight is 364 g/mol. The highest BCUT2D eigenvalue weighted by Crippen LogP contribution is 2.43. The number of rotatable bonds is 2. The monoisotopic (exact) mass is 364 g/mol. The molecule has 2 atom stereocenters. The SMILES string of the molecule is O=C1C[C@@H](c2cccs2)CC2=C1[C@H](c1ccccc1)Nc1nonc1N2. The Kier molecular flexibility index (Phi) is 3.60. The minimum Gasteiger partial charge on any atom is -0.353 e. The van der Waals surface area contributed by atoms with E-state index in [-0.39, 0.29) is 17.7 Å². The summed E-state index contributed by atoms with van der Waals surface area (Å²) in [7, 11) is 0. The fourth-order valence-corrected chi connectivity index (χ4v) is 4.55. The molecule has 6 nitrogen and oxygen atoms in total. The van der Waals surface area contributed by atoms with Crippen molar-refractivity contribution in [1.29, 1.82) is 0 Å². The predicted molar refractivity (Wildman–Crippen MR) is 99.1 cm³/mol. The van der Waals surface area contributed by atoms with Gasteiger partial charge in [0.25, 0.3) is 0 Å². The van der Waals surface area contributed by atoms with Gasteiger partial charge in [-0.2, -0.15) is 0 Å². The number of nitrogens with zero attached hydrogens (tertiary/aromatic N) is 2. The molecule has 2 aromatic heterocycles. The van der Waals surface area contributed by atoms with E-state index >= 15 is 0 Å². The van der Waals surface area contributed by atoms with Crippen molar-refractivity contribution in [2.45, 2.75) is 24.8 Å². The Morgan fingerprint density at radius 1 is 1.04 bits per heavy atom. The van der Waals surface area contributed by atoms with Crippen LogP contribution in [0.15, 0.2) is 63.7 Å². The number of thiophene rings is 1. The second-order valence-corrected chi connectivity index (χ2v) is 7.49. The third-order valence-electron chi connectivity index (χ3n) is 4.91. The van der Waals surface area contributed by atoms with Gasteiger partial charge in [-0.1, -0.05) is 36.4 Å². The summed E-state index contributed by atoms with van der Waals surface area (Å²) in [6.45, 7) is 0. The van der Waals surface area contributed by atoms with Gasteiger partial charge in [0.05, 0.1) is 6.04 Å². The van der Waals surface area contributed by atoms with Crippen LogP contribution >= 0.6 is 11.3 Å². The molecule has 26 heavy (non-hydrogen) atoms. The summed E-state index contributed by atoms with van der Waals surface area (Å²) in [4.78, 5) is 14.4. The minimum atomic E-state index is -0.274. The lowest BCUT2D eigenvalue weighted by molar-refractivity contribution is -0.116. The van der Waals surface area contributed by atoms with E-state index in [4.69, 9.17) is 4.63 Å². The standard InChI is InChI=1S/C19H16N4O2S/c24-14-10-12(15-7-4-8-26-15)9-13-16(14)17(11-5-2-1-3-6-11)21-19-18(20-13)22-25-23-19/h1-8,12,17H,9-10H2,(H,20,22)(H,21,23)/t12-,17-/m0/s1. The van der Waals surface area contributed by atoms with E-state index in [0.717, 1.165) is 23.3 Å². The molecule has 3 heterocycles. The molecule has 7 heteroatoms. The number of fused-ring (bicyclic) bond motifs is 1. The van der Waals surface area contributed by atoms with Crippen molar-refractivity contribution in [2.75, 3.05) is 10.6 Å². The van der Waals surface area contributed by atoms with E-state index in [1.807, 2.05) is 36.4 Å². The third kappa shape index (κ3) is 2.52. The number of benzene rings is 1.